The molecule has 0 saturated carbocycles. The van der Waals surface area contributed by atoms with Gasteiger partial charge < -0.3 is 10.1 Å². The van der Waals surface area contributed by atoms with E-state index in [1.165, 1.54) is 7.11 Å². The summed E-state index contributed by atoms with van der Waals surface area (Å²) in [6, 6.07) is 7.03. The van der Waals surface area contributed by atoms with Crippen LogP contribution in [0.4, 0.5) is 0 Å². The van der Waals surface area contributed by atoms with Crippen molar-refractivity contribution in [3.8, 4) is 5.75 Å². The number of methoxy groups -OCH3 is 1. The van der Waals surface area contributed by atoms with Crippen LogP contribution in [0.15, 0.2) is 24.3 Å². The average Bonchev–Trinajstić information content (AvgIpc) is 2.36. The lowest BCUT2D eigenvalue weighted by Gasteiger charge is -2.07. The van der Waals surface area contributed by atoms with Crippen LogP contribution >= 0.6 is 0 Å². The molecule has 0 bridgehead atoms. The fraction of sp³-hybridized carbons (Fsp3) is 0.385. The van der Waals surface area contributed by atoms with Crippen LogP contribution in [0, 0.1) is 0 Å². The van der Waals surface area contributed by atoms with E-state index in [-0.39, 0.29) is 24.5 Å². The zero-order valence-electron chi connectivity index (χ0n) is 10.2. The van der Waals surface area contributed by atoms with Crippen LogP contribution in [-0.4, -0.2) is 25.3 Å². The molecule has 0 aliphatic heterocycles. The number of para-hydroxylation sites is 1. The van der Waals surface area contributed by atoms with Gasteiger partial charge in [0.2, 0.25) is 5.91 Å². The summed E-state index contributed by atoms with van der Waals surface area (Å²) in [4.78, 5) is 23.1. The van der Waals surface area contributed by atoms with Gasteiger partial charge in [-0.15, -0.1) is 0 Å². The van der Waals surface area contributed by atoms with Crippen LogP contribution in [0.5, 0.6) is 5.75 Å². The summed E-state index contributed by atoms with van der Waals surface area (Å²) < 4.78 is 5.10. The van der Waals surface area contributed by atoms with Crippen molar-refractivity contribution in [2.45, 2.75) is 19.8 Å². The first-order valence-electron chi connectivity index (χ1n) is 5.62. The Kier molecular flexibility index (Phi) is 5.20. The Bertz CT molecular complexity index is 401. The van der Waals surface area contributed by atoms with E-state index in [4.69, 9.17) is 4.74 Å². The molecule has 4 nitrogen and oxygen atoms in total. The van der Waals surface area contributed by atoms with Gasteiger partial charge in [-0.3, -0.25) is 9.59 Å². The second-order valence-electron chi connectivity index (χ2n) is 3.58. The molecule has 4 heteroatoms. The molecule has 1 amide bonds. The van der Waals surface area contributed by atoms with Crippen molar-refractivity contribution < 1.29 is 14.3 Å². The fourth-order valence-electron chi connectivity index (χ4n) is 1.52. The molecule has 0 unspecified atom stereocenters. The molecular formula is C13H17NO3. The van der Waals surface area contributed by atoms with E-state index in [2.05, 4.69) is 5.32 Å². The summed E-state index contributed by atoms with van der Waals surface area (Å²) in [7, 11) is 1.52. The Morgan fingerprint density at radius 2 is 1.94 bits per heavy atom. The number of benzene rings is 1. The lowest BCUT2D eigenvalue weighted by molar-refractivity contribution is -0.120. The molecular weight excluding hydrogens is 218 g/mol. The molecule has 17 heavy (non-hydrogen) atoms. The number of carbonyl (C=O) groups excluding carboxylic acids is 2. The van der Waals surface area contributed by atoms with E-state index < -0.39 is 0 Å². The summed E-state index contributed by atoms with van der Waals surface area (Å²) >= 11 is 0. The van der Waals surface area contributed by atoms with Gasteiger partial charge >= 0.3 is 0 Å². The predicted molar refractivity (Wildman–Crippen MR) is 65.2 cm³/mol. The van der Waals surface area contributed by atoms with Crippen molar-refractivity contribution in [2.75, 3.05) is 13.7 Å². The van der Waals surface area contributed by atoms with Gasteiger partial charge in [-0.05, 0) is 19.1 Å². The largest absolute Gasteiger partial charge is 0.496 e. The highest BCUT2D eigenvalue weighted by Crippen LogP contribution is 2.19. The van der Waals surface area contributed by atoms with Gasteiger partial charge in [-0.2, -0.15) is 0 Å². The van der Waals surface area contributed by atoms with Crippen LogP contribution in [-0.2, 0) is 4.79 Å². The minimum Gasteiger partial charge on any atom is -0.496 e. The SMILES string of the molecule is CCNC(=O)CCC(=O)c1ccccc1OC. The van der Waals surface area contributed by atoms with Crippen LogP contribution in [0.1, 0.15) is 30.1 Å². The van der Waals surface area contributed by atoms with Gasteiger partial charge in [0, 0.05) is 19.4 Å². The van der Waals surface area contributed by atoms with Crippen LogP contribution in [0.2, 0.25) is 0 Å². The molecule has 0 spiro atoms. The first-order chi connectivity index (χ1) is 8.19. The second-order valence-corrected chi connectivity index (χ2v) is 3.58. The summed E-state index contributed by atoms with van der Waals surface area (Å²) in [5, 5.41) is 2.66. The molecule has 0 saturated heterocycles. The summed E-state index contributed by atoms with van der Waals surface area (Å²) in [5.41, 5.74) is 0.527. The highest BCUT2D eigenvalue weighted by molar-refractivity contribution is 6.00. The van der Waals surface area contributed by atoms with E-state index in [0.29, 0.717) is 17.9 Å². The number of nitrogens with one attached hydrogen (secondary N) is 1. The number of Topliss-reactive ketones (excluding diaryl/α,β-unsaturated/α-hetero) is 1. The Hall–Kier alpha value is -1.84. The van der Waals surface area contributed by atoms with Crippen molar-refractivity contribution >= 4 is 11.7 Å². The van der Waals surface area contributed by atoms with E-state index >= 15 is 0 Å². The number of hydrogen-bond donors (Lipinski definition) is 1. The van der Waals surface area contributed by atoms with E-state index in [0.717, 1.165) is 0 Å². The molecule has 0 aromatic heterocycles. The third kappa shape index (κ3) is 3.90. The summed E-state index contributed by atoms with van der Waals surface area (Å²) in [6.45, 7) is 2.43. The second kappa shape index (κ2) is 6.68. The number of hydrogen-bond acceptors (Lipinski definition) is 3. The zero-order valence-corrected chi connectivity index (χ0v) is 10.2. The Balaban J connectivity index is 2.61. The molecule has 0 fully saturated rings. The molecule has 0 radical (unpaired) electrons. The number of rotatable bonds is 6. The van der Waals surface area contributed by atoms with E-state index in [9.17, 15) is 9.59 Å². The van der Waals surface area contributed by atoms with E-state index in [1.807, 2.05) is 6.92 Å². The van der Waals surface area contributed by atoms with Crippen molar-refractivity contribution in [3.63, 3.8) is 0 Å². The maximum atomic E-state index is 11.9. The molecule has 92 valence electrons. The van der Waals surface area contributed by atoms with Crippen molar-refractivity contribution in [1.29, 1.82) is 0 Å². The zero-order chi connectivity index (χ0) is 12.7. The minimum absolute atomic E-state index is 0.0753. The smallest absolute Gasteiger partial charge is 0.220 e. The first-order valence-corrected chi connectivity index (χ1v) is 5.62. The number of ether oxygens (including phenoxy) is 1. The average molecular weight is 235 g/mol. The predicted octanol–water partition coefficient (Wildman–Crippen LogP) is 1.79. The van der Waals surface area contributed by atoms with Gasteiger partial charge in [-0.1, -0.05) is 12.1 Å². The van der Waals surface area contributed by atoms with Crippen molar-refractivity contribution in [3.05, 3.63) is 29.8 Å². The van der Waals surface area contributed by atoms with Gasteiger partial charge in [-0.25, -0.2) is 0 Å². The lowest BCUT2D eigenvalue weighted by atomic mass is 10.1. The first kappa shape index (κ1) is 13.2. The molecule has 1 rings (SSSR count). The monoisotopic (exact) mass is 235 g/mol. The Morgan fingerprint density at radius 1 is 1.24 bits per heavy atom. The molecule has 1 aromatic carbocycles. The minimum atomic E-state index is -0.101. The lowest BCUT2D eigenvalue weighted by Crippen LogP contribution is -2.23. The molecule has 0 atom stereocenters. The number of amides is 1. The van der Waals surface area contributed by atoms with Crippen molar-refractivity contribution in [2.24, 2.45) is 0 Å². The topological polar surface area (TPSA) is 55.4 Å². The molecule has 1 aromatic rings. The molecule has 0 aliphatic carbocycles. The van der Waals surface area contributed by atoms with Gasteiger partial charge in [0.15, 0.2) is 5.78 Å². The van der Waals surface area contributed by atoms with E-state index in [1.54, 1.807) is 24.3 Å². The van der Waals surface area contributed by atoms with Gasteiger partial charge in [0.05, 0.1) is 12.7 Å². The number of ketones is 1. The molecule has 0 heterocycles. The van der Waals surface area contributed by atoms with Gasteiger partial charge in [0.25, 0.3) is 0 Å². The van der Waals surface area contributed by atoms with Crippen LogP contribution in [0.3, 0.4) is 0 Å². The Morgan fingerprint density at radius 3 is 2.59 bits per heavy atom. The van der Waals surface area contributed by atoms with Gasteiger partial charge in [0.1, 0.15) is 5.75 Å². The standard InChI is InChI=1S/C13H17NO3/c1-3-14-13(16)9-8-11(15)10-6-4-5-7-12(10)17-2/h4-7H,3,8-9H2,1-2H3,(H,14,16). The fourth-order valence-corrected chi connectivity index (χ4v) is 1.52. The maximum absolute atomic E-state index is 11.9. The molecule has 0 aliphatic rings. The van der Waals surface area contributed by atoms with Crippen LogP contribution < -0.4 is 10.1 Å². The quantitative estimate of drug-likeness (QED) is 0.765. The maximum Gasteiger partial charge on any atom is 0.220 e. The third-order valence-electron chi connectivity index (χ3n) is 2.36. The highest BCUT2D eigenvalue weighted by Gasteiger charge is 2.12. The Labute approximate surface area is 101 Å². The third-order valence-corrected chi connectivity index (χ3v) is 2.36. The highest BCUT2D eigenvalue weighted by atomic mass is 16.5. The number of carbonyl (C=O) groups is 2. The normalized spacial score (nSPS) is 9.76. The summed E-state index contributed by atoms with van der Waals surface area (Å²) in [6.07, 6.45) is 0.414. The van der Waals surface area contributed by atoms with Crippen LogP contribution in [0.25, 0.3) is 0 Å². The molecule has 1 N–H and O–H groups in total. The van der Waals surface area contributed by atoms with Crippen molar-refractivity contribution in [1.82, 2.24) is 5.32 Å². The summed E-state index contributed by atoms with van der Waals surface area (Å²) in [5.74, 6) is 0.373.